The van der Waals surface area contributed by atoms with Gasteiger partial charge in [0.25, 0.3) is 0 Å². The number of amides is 1. The highest BCUT2D eigenvalue weighted by molar-refractivity contribution is 5.76. The Morgan fingerprint density at radius 3 is 2.89 bits per heavy atom. The Hall–Kier alpha value is -1.89. The normalized spacial score (nSPS) is 16.0. The van der Waals surface area contributed by atoms with Gasteiger partial charge in [-0.2, -0.15) is 5.26 Å². The lowest BCUT2D eigenvalue weighted by Gasteiger charge is -2.20. The summed E-state index contributed by atoms with van der Waals surface area (Å²) in [6.07, 6.45) is 3.67. The zero-order valence-corrected chi connectivity index (χ0v) is 10.9. The van der Waals surface area contributed by atoms with Crippen molar-refractivity contribution in [1.29, 1.82) is 5.26 Å². The molecule has 2 rings (SSSR count). The van der Waals surface area contributed by atoms with Crippen LogP contribution in [-0.4, -0.2) is 17.4 Å². The molecular formula is C15H17FN2O. The van der Waals surface area contributed by atoms with Crippen molar-refractivity contribution in [2.24, 2.45) is 0 Å². The summed E-state index contributed by atoms with van der Waals surface area (Å²) in [6.45, 7) is 0.631. The highest BCUT2D eigenvalue weighted by atomic mass is 19.1. The summed E-state index contributed by atoms with van der Waals surface area (Å²) in [4.78, 5) is 13.7. The summed E-state index contributed by atoms with van der Waals surface area (Å²) in [6, 6.07) is 7.10. The number of alkyl halides is 1. The zero-order valence-electron chi connectivity index (χ0n) is 10.9. The average Bonchev–Trinajstić information content (AvgIpc) is 2.64. The number of rotatable bonds is 3. The molecule has 0 N–H and O–H groups in total. The van der Waals surface area contributed by atoms with Crippen molar-refractivity contribution in [3.05, 3.63) is 34.9 Å². The van der Waals surface area contributed by atoms with E-state index in [1.165, 1.54) is 0 Å². The SMILES string of the molecule is N#Cc1ccc(CN2CCCCCC2=O)cc1CF. The minimum atomic E-state index is -0.648. The van der Waals surface area contributed by atoms with Gasteiger partial charge in [0.2, 0.25) is 5.91 Å². The molecule has 1 heterocycles. The van der Waals surface area contributed by atoms with Crippen LogP contribution in [0.3, 0.4) is 0 Å². The summed E-state index contributed by atoms with van der Waals surface area (Å²) in [7, 11) is 0. The highest BCUT2D eigenvalue weighted by Gasteiger charge is 2.17. The largest absolute Gasteiger partial charge is 0.338 e. The second-order valence-electron chi connectivity index (χ2n) is 4.86. The van der Waals surface area contributed by atoms with Gasteiger partial charge in [-0.15, -0.1) is 0 Å². The van der Waals surface area contributed by atoms with Crippen molar-refractivity contribution in [2.75, 3.05) is 6.54 Å². The first-order valence-electron chi connectivity index (χ1n) is 6.60. The number of hydrogen-bond donors (Lipinski definition) is 0. The van der Waals surface area contributed by atoms with Crippen molar-refractivity contribution in [3.8, 4) is 6.07 Å². The lowest BCUT2D eigenvalue weighted by atomic mass is 10.1. The van der Waals surface area contributed by atoms with Gasteiger partial charge in [-0.3, -0.25) is 4.79 Å². The van der Waals surface area contributed by atoms with Gasteiger partial charge in [-0.05, 0) is 24.5 Å². The Balaban J connectivity index is 2.14. The molecule has 0 unspecified atom stereocenters. The van der Waals surface area contributed by atoms with E-state index in [2.05, 4.69) is 0 Å². The number of halogens is 1. The third-order valence-electron chi connectivity index (χ3n) is 3.48. The van der Waals surface area contributed by atoms with E-state index >= 15 is 0 Å². The van der Waals surface area contributed by atoms with Gasteiger partial charge < -0.3 is 4.90 Å². The molecule has 0 radical (unpaired) electrons. The maximum Gasteiger partial charge on any atom is 0.222 e. The quantitative estimate of drug-likeness (QED) is 0.838. The molecule has 100 valence electrons. The smallest absolute Gasteiger partial charge is 0.222 e. The van der Waals surface area contributed by atoms with Crippen molar-refractivity contribution in [1.82, 2.24) is 4.90 Å². The minimum Gasteiger partial charge on any atom is -0.338 e. The van der Waals surface area contributed by atoms with Gasteiger partial charge in [0.05, 0.1) is 11.6 Å². The zero-order chi connectivity index (χ0) is 13.7. The maximum atomic E-state index is 12.8. The van der Waals surface area contributed by atoms with Gasteiger partial charge in [-0.25, -0.2) is 4.39 Å². The summed E-state index contributed by atoms with van der Waals surface area (Å²) >= 11 is 0. The van der Waals surface area contributed by atoms with E-state index in [0.717, 1.165) is 31.4 Å². The summed E-state index contributed by atoms with van der Waals surface area (Å²) in [5.41, 5.74) is 1.66. The van der Waals surface area contributed by atoms with E-state index in [1.54, 1.807) is 18.2 Å². The first-order chi connectivity index (χ1) is 9.24. The van der Waals surface area contributed by atoms with Crippen LogP contribution < -0.4 is 0 Å². The van der Waals surface area contributed by atoms with Crippen LogP contribution in [0.2, 0.25) is 0 Å². The fourth-order valence-electron chi connectivity index (χ4n) is 2.39. The van der Waals surface area contributed by atoms with E-state index in [4.69, 9.17) is 5.26 Å². The number of nitriles is 1. The molecule has 1 fully saturated rings. The van der Waals surface area contributed by atoms with Crippen LogP contribution in [0.25, 0.3) is 0 Å². The van der Waals surface area contributed by atoms with Crippen LogP contribution in [-0.2, 0) is 18.0 Å². The van der Waals surface area contributed by atoms with Crippen molar-refractivity contribution < 1.29 is 9.18 Å². The molecule has 0 atom stereocenters. The fraction of sp³-hybridized carbons (Fsp3) is 0.467. The topological polar surface area (TPSA) is 44.1 Å². The number of likely N-dealkylation sites (tertiary alicyclic amines) is 1. The Bertz CT molecular complexity index is 507. The summed E-state index contributed by atoms with van der Waals surface area (Å²) in [5.74, 6) is 0.170. The molecule has 1 saturated heterocycles. The van der Waals surface area contributed by atoms with Crippen LogP contribution >= 0.6 is 0 Å². The van der Waals surface area contributed by atoms with Crippen molar-refractivity contribution >= 4 is 5.91 Å². The first kappa shape index (κ1) is 13.5. The highest BCUT2D eigenvalue weighted by Crippen LogP contribution is 2.17. The molecule has 1 aliphatic rings. The van der Waals surface area contributed by atoms with Crippen LogP contribution in [0.1, 0.15) is 42.4 Å². The van der Waals surface area contributed by atoms with Crippen molar-refractivity contribution in [3.63, 3.8) is 0 Å². The second kappa shape index (κ2) is 6.33. The van der Waals surface area contributed by atoms with Gasteiger partial charge in [0.15, 0.2) is 0 Å². The molecule has 0 aromatic heterocycles. The fourth-order valence-corrected chi connectivity index (χ4v) is 2.39. The minimum absolute atomic E-state index is 0.170. The molecule has 1 aromatic carbocycles. The van der Waals surface area contributed by atoms with Gasteiger partial charge >= 0.3 is 0 Å². The van der Waals surface area contributed by atoms with Crippen LogP contribution in [0, 0.1) is 11.3 Å². The Labute approximate surface area is 112 Å². The molecule has 1 aliphatic heterocycles. The maximum absolute atomic E-state index is 12.8. The third-order valence-corrected chi connectivity index (χ3v) is 3.48. The van der Waals surface area contributed by atoms with Crippen LogP contribution in [0.15, 0.2) is 18.2 Å². The molecule has 3 nitrogen and oxygen atoms in total. The number of carbonyl (C=O) groups excluding carboxylic acids is 1. The standard InChI is InChI=1S/C15H17FN2O/c16-9-14-8-12(5-6-13(14)10-17)11-18-7-3-1-2-4-15(18)19/h5-6,8H,1-4,7,9,11H2. The van der Waals surface area contributed by atoms with Gasteiger partial charge in [-0.1, -0.05) is 18.6 Å². The van der Waals surface area contributed by atoms with E-state index in [-0.39, 0.29) is 5.91 Å². The van der Waals surface area contributed by atoms with Crippen LogP contribution in [0.5, 0.6) is 0 Å². The molecule has 0 aliphatic carbocycles. The predicted octanol–water partition coefficient (Wildman–Crippen LogP) is 2.93. The first-order valence-corrected chi connectivity index (χ1v) is 6.60. The van der Waals surface area contributed by atoms with E-state index in [9.17, 15) is 9.18 Å². The lowest BCUT2D eigenvalue weighted by molar-refractivity contribution is -0.131. The molecule has 1 aromatic rings. The molecule has 0 saturated carbocycles. The monoisotopic (exact) mass is 260 g/mol. The summed E-state index contributed by atoms with van der Waals surface area (Å²) in [5, 5.41) is 8.86. The molecular weight excluding hydrogens is 243 g/mol. The lowest BCUT2D eigenvalue weighted by Crippen LogP contribution is -2.29. The number of hydrogen-bond acceptors (Lipinski definition) is 2. The Kier molecular flexibility index (Phi) is 4.51. The summed E-state index contributed by atoms with van der Waals surface area (Å²) < 4.78 is 12.8. The Morgan fingerprint density at radius 2 is 2.16 bits per heavy atom. The Morgan fingerprint density at radius 1 is 1.32 bits per heavy atom. The average molecular weight is 260 g/mol. The van der Waals surface area contributed by atoms with E-state index in [0.29, 0.717) is 24.1 Å². The number of benzene rings is 1. The number of carbonyl (C=O) groups is 1. The molecule has 0 spiro atoms. The van der Waals surface area contributed by atoms with Gasteiger partial charge in [0.1, 0.15) is 6.67 Å². The van der Waals surface area contributed by atoms with E-state index < -0.39 is 6.67 Å². The predicted molar refractivity (Wildman–Crippen MR) is 69.9 cm³/mol. The van der Waals surface area contributed by atoms with E-state index in [1.807, 2.05) is 11.0 Å². The molecule has 19 heavy (non-hydrogen) atoms. The molecule has 1 amide bonds. The van der Waals surface area contributed by atoms with Crippen LogP contribution in [0.4, 0.5) is 4.39 Å². The molecule has 0 bridgehead atoms. The van der Waals surface area contributed by atoms with Crippen molar-refractivity contribution in [2.45, 2.75) is 38.9 Å². The van der Waals surface area contributed by atoms with Gasteiger partial charge in [0, 0.05) is 25.1 Å². The molecule has 4 heteroatoms. The second-order valence-corrected chi connectivity index (χ2v) is 4.86. The third kappa shape index (κ3) is 3.31. The number of nitrogens with zero attached hydrogens (tertiary/aromatic N) is 2.